The molecule has 7 nitrogen and oxygen atoms in total. The van der Waals surface area contributed by atoms with Gasteiger partial charge in [0.15, 0.2) is 16.6 Å². The van der Waals surface area contributed by atoms with E-state index in [9.17, 15) is 0 Å². The van der Waals surface area contributed by atoms with Gasteiger partial charge in [-0.25, -0.2) is 0 Å². The van der Waals surface area contributed by atoms with Crippen molar-refractivity contribution in [3.05, 3.63) is 52.9 Å². The number of allylic oxidation sites excluding steroid dienone is 1. The van der Waals surface area contributed by atoms with Crippen LogP contribution in [0.4, 0.5) is 0 Å². The molecule has 3 heterocycles. The third-order valence-electron chi connectivity index (χ3n) is 5.18. The lowest BCUT2D eigenvalue weighted by Gasteiger charge is -2.37. The van der Waals surface area contributed by atoms with Crippen LogP contribution in [0, 0.1) is 0 Å². The van der Waals surface area contributed by atoms with Crippen LogP contribution < -0.4 is 14.8 Å². The first kappa shape index (κ1) is 21.3. The van der Waals surface area contributed by atoms with Crippen LogP contribution in [0.1, 0.15) is 37.8 Å². The summed E-state index contributed by atoms with van der Waals surface area (Å²) in [7, 11) is 3.24. The van der Waals surface area contributed by atoms with Gasteiger partial charge >= 0.3 is 0 Å². The minimum atomic E-state index is -0.267. The molecule has 0 fully saturated rings. The first-order valence-corrected chi connectivity index (χ1v) is 11.2. The van der Waals surface area contributed by atoms with Gasteiger partial charge < -0.3 is 24.2 Å². The van der Waals surface area contributed by atoms with Crippen LogP contribution in [-0.2, 0) is 0 Å². The van der Waals surface area contributed by atoms with E-state index in [1.54, 1.807) is 25.6 Å². The number of aromatic nitrogens is 2. The molecule has 0 radical (unpaired) electrons. The van der Waals surface area contributed by atoms with E-state index in [4.69, 9.17) is 31.2 Å². The Morgan fingerprint density at radius 2 is 2.03 bits per heavy atom. The average Bonchev–Trinajstić information content (AvgIpc) is 3.47. The summed E-state index contributed by atoms with van der Waals surface area (Å²) < 4.78 is 16.6. The minimum Gasteiger partial charge on any atom is -0.493 e. The lowest BCUT2D eigenvalue weighted by Crippen LogP contribution is -2.46. The number of thiophene rings is 1. The van der Waals surface area contributed by atoms with E-state index in [0.717, 1.165) is 34.7 Å². The number of benzene rings is 1. The predicted molar refractivity (Wildman–Crippen MR) is 125 cm³/mol. The number of hydrogen-bond donors (Lipinski definition) is 1. The van der Waals surface area contributed by atoms with Gasteiger partial charge in [-0.05, 0) is 54.7 Å². The molecule has 0 saturated heterocycles. The van der Waals surface area contributed by atoms with E-state index >= 15 is 0 Å². The molecule has 1 atom stereocenters. The SMILES string of the molecule is CCCN1C(=S)NC(c2ccc(OC)c(OC)c2)C(c2nc(-c3cccs3)no2)=C1C. The Bertz CT molecular complexity index is 1110. The van der Waals surface area contributed by atoms with E-state index in [-0.39, 0.29) is 6.04 Å². The van der Waals surface area contributed by atoms with Crippen molar-refractivity contribution in [2.24, 2.45) is 0 Å². The van der Waals surface area contributed by atoms with Crippen molar-refractivity contribution in [1.29, 1.82) is 0 Å². The van der Waals surface area contributed by atoms with Crippen molar-refractivity contribution in [1.82, 2.24) is 20.4 Å². The lowest BCUT2D eigenvalue weighted by atomic mass is 9.94. The molecule has 1 N–H and O–H groups in total. The second-order valence-electron chi connectivity index (χ2n) is 7.05. The second-order valence-corrected chi connectivity index (χ2v) is 8.38. The predicted octanol–water partition coefficient (Wildman–Crippen LogP) is 4.89. The molecule has 0 saturated carbocycles. The van der Waals surface area contributed by atoms with E-state index in [2.05, 4.69) is 22.3 Å². The van der Waals surface area contributed by atoms with E-state index in [0.29, 0.717) is 28.3 Å². The third-order valence-corrected chi connectivity index (χ3v) is 6.39. The van der Waals surface area contributed by atoms with E-state index in [1.807, 2.05) is 42.6 Å². The number of hydrogen-bond acceptors (Lipinski definition) is 7. The zero-order valence-corrected chi connectivity index (χ0v) is 19.5. The van der Waals surface area contributed by atoms with Crippen molar-refractivity contribution in [2.75, 3.05) is 20.8 Å². The maximum absolute atomic E-state index is 5.74. The molecule has 162 valence electrons. The quantitative estimate of drug-likeness (QED) is 0.504. The number of thiocarbonyl (C=S) groups is 1. The molecule has 1 aliphatic heterocycles. The van der Waals surface area contributed by atoms with Gasteiger partial charge in [0.1, 0.15) is 0 Å². The van der Waals surface area contributed by atoms with Gasteiger partial charge in [-0.2, -0.15) is 4.98 Å². The normalized spacial score (nSPS) is 16.5. The Hall–Kier alpha value is -2.91. The molecule has 0 bridgehead atoms. The van der Waals surface area contributed by atoms with Gasteiger partial charge in [-0.3, -0.25) is 0 Å². The van der Waals surface area contributed by atoms with Crippen LogP contribution in [0.15, 0.2) is 45.9 Å². The topological polar surface area (TPSA) is 72.7 Å². The van der Waals surface area contributed by atoms with Crippen molar-refractivity contribution in [3.63, 3.8) is 0 Å². The molecular weight excluding hydrogens is 432 g/mol. The summed E-state index contributed by atoms with van der Waals surface area (Å²) >= 11 is 7.26. The highest BCUT2D eigenvalue weighted by atomic mass is 32.1. The van der Waals surface area contributed by atoms with Gasteiger partial charge in [0.25, 0.3) is 5.89 Å². The lowest BCUT2D eigenvalue weighted by molar-refractivity contribution is 0.354. The maximum Gasteiger partial charge on any atom is 0.258 e. The number of nitrogens with one attached hydrogen (secondary N) is 1. The van der Waals surface area contributed by atoms with Gasteiger partial charge in [-0.1, -0.05) is 24.2 Å². The molecule has 1 aromatic carbocycles. The average molecular weight is 457 g/mol. The van der Waals surface area contributed by atoms with Crippen molar-refractivity contribution < 1.29 is 14.0 Å². The van der Waals surface area contributed by atoms with Gasteiger partial charge in [0, 0.05) is 12.2 Å². The summed E-state index contributed by atoms with van der Waals surface area (Å²) in [6, 6.07) is 9.49. The number of ether oxygens (including phenoxy) is 2. The third kappa shape index (κ3) is 4.03. The Morgan fingerprint density at radius 3 is 2.71 bits per heavy atom. The minimum absolute atomic E-state index is 0.267. The van der Waals surface area contributed by atoms with Crippen molar-refractivity contribution in [2.45, 2.75) is 26.3 Å². The zero-order valence-electron chi connectivity index (χ0n) is 17.8. The number of nitrogens with zero attached hydrogens (tertiary/aromatic N) is 3. The zero-order chi connectivity index (χ0) is 22.0. The molecule has 0 spiro atoms. The fourth-order valence-electron chi connectivity index (χ4n) is 3.67. The standard InChI is InChI=1S/C22H24N4O3S2/c1-5-10-26-13(2)18(21-24-20(25-29-21)17-7-6-11-31-17)19(23-22(26)30)14-8-9-15(27-3)16(12-14)28-4/h6-9,11-12,19H,5,10H2,1-4H3,(H,23,30). The monoisotopic (exact) mass is 456 g/mol. The molecule has 2 aromatic heterocycles. The van der Waals surface area contributed by atoms with Crippen LogP contribution in [0.3, 0.4) is 0 Å². The smallest absolute Gasteiger partial charge is 0.258 e. The fourth-order valence-corrected chi connectivity index (χ4v) is 4.67. The van der Waals surface area contributed by atoms with Crippen LogP contribution in [0.25, 0.3) is 16.3 Å². The second kappa shape index (κ2) is 9.07. The summed E-state index contributed by atoms with van der Waals surface area (Å²) in [5.41, 5.74) is 2.85. The van der Waals surface area contributed by atoms with Gasteiger partial charge in [0.05, 0.1) is 30.7 Å². The van der Waals surface area contributed by atoms with Crippen LogP contribution in [0.5, 0.6) is 11.5 Å². The summed E-state index contributed by atoms with van der Waals surface area (Å²) in [6.07, 6.45) is 0.956. The van der Waals surface area contributed by atoms with Crippen molar-refractivity contribution in [3.8, 4) is 22.2 Å². The van der Waals surface area contributed by atoms with Crippen molar-refractivity contribution >= 4 is 34.2 Å². The van der Waals surface area contributed by atoms with Crippen LogP contribution in [-0.4, -0.2) is 40.9 Å². The molecule has 0 amide bonds. The van der Waals surface area contributed by atoms with E-state index < -0.39 is 0 Å². The summed E-state index contributed by atoms with van der Waals surface area (Å²) in [4.78, 5) is 7.75. The Morgan fingerprint density at radius 1 is 1.23 bits per heavy atom. The van der Waals surface area contributed by atoms with Gasteiger partial charge in [-0.15, -0.1) is 11.3 Å². The molecule has 1 unspecified atom stereocenters. The molecule has 1 aliphatic rings. The first-order chi connectivity index (χ1) is 15.1. The summed E-state index contributed by atoms with van der Waals surface area (Å²) in [5.74, 6) is 2.35. The molecule has 31 heavy (non-hydrogen) atoms. The highest BCUT2D eigenvalue weighted by Gasteiger charge is 2.34. The maximum atomic E-state index is 5.74. The fraction of sp³-hybridized carbons (Fsp3) is 0.318. The molecule has 4 rings (SSSR count). The van der Waals surface area contributed by atoms with Crippen LogP contribution >= 0.6 is 23.6 Å². The number of methoxy groups -OCH3 is 2. The number of rotatable bonds is 7. The summed E-state index contributed by atoms with van der Waals surface area (Å²) in [6.45, 7) is 4.96. The Labute approximate surface area is 190 Å². The summed E-state index contributed by atoms with van der Waals surface area (Å²) in [5, 5.41) is 10.3. The Balaban J connectivity index is 1.83. The molecule has 3 aromatic rings. The molecule has 0 aliphatic carbocycles. The molecule has 9 heteroatoms. The highest BCUT2D eigenvalue weighted by molar-refractivity contribution is 7.80. The largest absolute Gasteiger partial charge is 0.493 e. The Kier molecular flexibility index (Phi) is 6.24. The van der Waals surface area contributed by atoms with Crippen LogP contribution in [0.2, 0.25) is 0 Å². The van der Waals surface area contributed by atoms with E-state index in [1.165, 1.54) is 0 Å². The highest BCUT2D eigenvalue weighted by Crippen LogP contribution is 2.40. The molecular formula is C22H24N4O3S2. The first-order valence-electron chi connectivity index (χ1n) is 9.96. The van der Waals surface area contributed by atoms with Gasteiger partial charge in [0.2, 0.25) is 5.82 Å².